The molecular formula is C24H40N2O2. The lowest BCUT2D eigenvalue weighted by Gasteiger charge is -2.58. The lowest BCUT2D eigenvalue weighted by molar-refractivity contribution is -0.0462. The minimum absolute atomic E-state index is 0.0398. The van der Waals surface area contributed by atoms with E-state index in [2.05, 4.69) is 13.8 Å². The third-order valence-corrected chi connectivity index (χ3v) is 9.13. The molecular weight excluding hydrogens is 348 g/mol. The summed E-state index contributed by atoms with van der Waals surface area (Å²) in [5.74, 6) is 2.58. The predicted molar refractivity (Wildman–Crippen MR) is 114 cm³/mol. The number of rotatable bonds is 4. The number of aliphatic hydroxyl groups is 1. The van der Waals surface area contributed by atoms with Crippen LogP contribution in [0, 0.1) is 34.0 Å². The molecule has 4 aliphatic carbocycles. The van der Waals surface area contributed by atoms with E-state index >= 15 is 0 Å². The van der Waals surface area contributed by atoms with E-state index in [1.165, 1.54) is 44.1 Å². The van der Waals surface area contributed by atoms with Crippen LogP contribution in [0.3, 0.4) is 0 Å². The molecule has 4 rings (SSSR count). The van der Waals surface area contributed by atoms with E-state index in [0.717, 1.165) is 37.1 Å². The van der Waals surface area contributed by atoms with E-state index < -0.39 is 5.60 Å². The maximum Gasteiger partial charge on any atom is 0.217 e. The van der Waals surface area contributed by atoms with E-state index in [-0.39, 0.29) is 11.3 Å². The first-order valence-corrected chi connectivity index (χ1v) is 11.5. The normalized spacial score (nSPS) is 45.1. The van der Waals surface area contributed by atoms with E-state index in [4.69, 9.17) is 10.1 Å². The van der Waals surface area contributed by atoms with Crippen molar-refractivity contribution in [2.45, 2.75) is 77.2 Å². The Morgan fingerprint density at radius 1 is 1.14 bits per heavy atom. The van der Waals surface area contributed by atoms with Gasteiger partial charge >= 0.3 is 0 Å². The average molecular weight is 389 g/mol. The van der Waals surface area contributed by atoms with Gasteiger partial charge in [0.2, 0.25) is 5.90 Å². The average Bonchev–Trinajstić information content (AvgIpc) is 3.04. The first-order valence-electron chi connectivity index (χ1n) is 11.5. The highest BCUT2D eigenvalue weighted by atomic mass is 16.5. The zero-order valence-corrected chi connectivity index (χ0v) is 18.4. The summed E-state index contributed by atoms with van der Waals surface area (Å²) in [5, 5.41) is 19.6. The molecule has 3 saturated carbocycles. The zero-order chi connectivity index (χ0) is 20.2. The third-order valence-electron chi connectivity index (χ3n) is 9.13. The minimum Gasteiger partial charge on any atom is -0.477 e. The number of nitrogens with zero attached hydrogens (tertiary/aromatic N) is 1. The number of ether oxygens (including phenoxy) is 1. The van der Waals surface area contributed by atoms with Crippen molar-refractivity contribution in [2.75, 3.05) is 27.2 Å². The van der Waals surface area contributed by atoms with Crippen LogP contribution < -0.4 is 0 Å². The fourth-order valence-corrected chi connectivity index (χ4v) is 7.35. The molecule has 0 spiro atoms. The van der Waals surface area contributed by atoms with E-state index in [9.17, 15) is 5.11 Å². The van der Waals surface area contributed by atoms with Crippen LogP contribution in [0.15, 0.2) is 11.6 Å². The van der Waals surface area contributed by atoms with Gasteiger partial charge in [-0.15, -0.1) is 0 Å². The smallest absolute Gasteiger partial charge is 0.217 e. The molecule has 0 heterocycles. The maximum absolute atomic E-state index is 11.2. The van der Waals surface area contributed by atoms with Crippen LogP contribution in [0.5, 0.6) is 0 Å². The first-order chi connectivity index (χ1) is 13.2. The third kappa shape index (κ3) is 3.25. The van der Waals surface area contributed by atoms with Gasteiger partial charge in [0.1, 0.15) is 6.61 Å². The minimum atomic E-state index is -1.20. The van der Waals surface area contributed by atoms with Crippen molar-refractivity contribution in [3.05, 3.63) is 11.6 Å². The number of allylic oxidation sites excluding steroid dienone is 1. The van der Waals surface area contributed by atoms with Crippen molar-refractivity contribution in [1.82, 2.24) is 4.90 Å². The molecule has 0 aromatic heterocycles. The van der Waals surface area contributed by atoms with Gasteiger partial charge in [0.15, 0.2) is 5.60 Å². The molecule has 6 atom stereocenters. The van der Waals surface area contributed by atoms with Crippen LogP contribution >= 0.6 is 0 Å². The number of hydrogen-bond donors (Lipinski definition) is 2. The van der Waals surface area contributed by atoms with Gasteiger partial charge < -0.3 is 14.7 Å². The Balaban J connectivity index is 1.52. The van der Waals surface area contributed by atoms with Gasteiger partial charge in [-0.05, 0) is 100 Å². The largest absolute Gasteiger partial charge is 0.477 e. The Morgan fingerprint density at radius 2 is 1.93 bits per heavy atom. The molecule has 0 unspecified atom stereocenters. The Hall–Kier alpha value is -0.870. The summed E-state index contributed by atoms with van der Waals surface area (Å²) in [4.78, 5) is 2.04. The fraction of sp³-hybridized carbons (Fsp3) is 0.875. The van der Waals surface area contributed by atoms with Crippen LogP contribution in [0.2, 0.25) is 0 Å². The van der Waals surface area contributed by atoms with Crippen LogP contribution in [-0.4, -0.2) is 48.8 Å². The Labute approximate surface area is 171 Å². The first kappa shape index (κ1) is 20.4. The summed E-state index contributed by atoms with van der Waals surface area (Å²) in [6.07, 6.45) is 13.0. The predicted octanol–water partition coefficient (Wildman–Crippen LogP) is 4.63. The van der Waals surface area contributed by atoms with Gasteiger partial charge in [-0.25, -0.2) is 0 Å². The molecule has 4 heteroatoms. The van der Waals surface area contributed by atoms with Gasteiger partial charge in [0, 0.05) is 6.54 Å². The molecule has 0 aliphatic heterocycles. The lowest BCUT2D eigenvalue weighted by Crippen LogP contribution is -2.52. The monoisotopic (exact) mass is 388 g/mol. The highest BCUT2D eigenvalue weighted by molar-refractivity contribution is 5.85. The zero-order valence-electron chi connectivity index (χ0n) is 18.4. The van der Waals surface area contributed by atoms with Crippen LogP contribution in [-0.2, 0) is 4.74 Å². The highest BCUT2D eigenvalue weighted by Gasteiger charge is 2.57. The summed E-state index contributed by atoms with van der Waals surface area (Å²) in [5.41, 5.74) is 1.01. The summed E-state index contributed by atoms with van der Waals surface area (Å²) in [6.45, 7) is 6.24. The number of hydrogen-bond acceptors (Lipinski definition) is 4. The summed E-state index contributed by atoms with van der Waals surface area (Å²) in [6, 6.07) is 0. The van der Waals surface area contributed by atoms with Gasteiger partial charge in [-0.1, -0.05) is 25.8 Å². The second-order valence-electron chi connectivity index (χ2n) is 11.0. The molecule has 28 heavy (non-hydrogen) atoms. The number of nitrogens with one attached hydrogen (secondary N) is 1. The molecule has 4 nitrogen and oxygen atoms in total. The van der Waals surface area contributed by atoms with Gasteiger partial charge in [0.05, 0.1) is 0 Å². The van der Waals surface area contributed by atoms with E-state index in [0.29, 0.717) is 18.4 Å². The van der Waals surface area contributed by atoms with Crippen molar-refractivity contribution >= 4 is 5.90 Å². The van der Waals surface area contributed by atoms with Gasteiger partial charge in [0.25, 0.3) is 0 Å². The van der Waals surface area contributed by atoms with Crippen molar-refractivity contribution < 1.29 is 9.84 Å². The fourth-order valence-electron chi connectivity index (χ4n) is 7.35. The van der Waals surface area contributed by atoms with Crippen LogP contribution in [0.1, 0.15) is 71.6 Å². The number of likely N-dealkylation sites (N-methyl/N-ethyl adjacent to an activating group) is 1. The van der Waals surface area contributed by atoms with Gasteiger partial charge in [-0.2, -0.15) is 0 Å². The molecule has 0 radical (unpaired) electrons. The molecule has 0 bridgehead atoms. The standard InChI is InChI=1S/C24H40N2O2/c1-22-10-5-6-19(22)18-8-7-17-16-24(27,21(25)28-15-14-26(3)4)13-12-23(17,2)20(18)9-11-22/h16,18-20,25,27H,5-15H2,1-4H3/t18-,19-,20-,22-,23-,24-/m0/s1. The Kier molecular flexibility index (Phi) is 5.19. The second kappa shape index (κ2) is 7.12. The molecule has 0 aromatic carbocycles. The summed E-state index contributed by atoms with van der Waals surface area (Å²) < 4.78 is 5.63. The van der Waals surface area contributed by atoms with Crippen molar-refractivity contribution in [3.63, 3.8) is 0 Å². The SMILES string of the molecule is CN(C)CCOC(=N)[C@@]1(O)C=C2CC[C@H]3[C@@H]4CCC[C@@]4(C)CC[C@@H]3[C@@]2(C)CC1. The molecule has 0 amide bonds. The topological polar surface area (TPSA) is 56.5 Å². The molecule has 2 N–H and O–H groups in total. The summed E-state index contributed by atoms with van der Waals surface area (Å²) >= 11 is 0. The Morgan fingerprint density at radius 3 is 2.68 bits per heavy atom. The quantitative estimate of drug-likeness (QED) is 0.419. The molecule has 3 fully saturated rings. The molecule has 4 aliphatic rings. The number of fused-ring (bicyclic) bond motifs is 5. The van der Waals surface area contributed by atoms with Crippen molar-refractivity contribution in [2.24, 2.45) is 28.6 Å². The summed E-state index contributed by atoms with van der Waals surface area (Å²) in [7, 11) is 3.99. The van der Waals surface area contributed by atoms with Crippen molar-refractivity contribution in [3.8, 4) is 0 Å². The molecule has 0 saturated heterocycles. The molecule has 0 aromatic rings. The van der Waals surface area contributed by atoms with E-state index in [1.807, 2.05) is 25.1 Å². The lowest BCUT2D eigenvalue weighted by atomic mass is 9.47. The van der Waals surface area contributed by atoms with Crippen LogP contribution in [0.4, 0.5) is 0 Å². The van der Waals surface area contributed by atoms with Gasteiger partial charge in [-0.3, -0.25) is 5.41 Å². The Bertz CT molecular complexity index is 659. The second-order valence-corrected chi connectivity index (χ2v) is 11.0. The van der Waals surface area contributed by atoms with Crippen molar-refractivity contribution in [1.29, 1.82) is 5.41 Å². The van der Waals surface area contributed by atoms with E-state index in [1.54, 1.807) is 0 Å². The highest BCUT2D eigenvalue weighted by Crippen LogP contribution is 2.65. The molecule has 158 valence electrons. The maximum atomic E-state index is 11.2. The van der Waals surface area contributed by atoms with Crippen LogP contribution in [0.25, 0.3) is 0 Å².